The standard InChI is InChI=1S/C22H19NO/c1-24-21-13-11-17(12-14-21)22-15-18-7-5-6-8-19(18)16-23(22)20-9-3-2-4-10-20/h2-15H,16H2,1H3. The van der Waals surface area contributed by atoms with Gasteiger partial charge in [0.2, 0.25) is 0 Å². The minimum Gasteiger partial charge on any atom is -0.497 e. The van der Waals surface area contributed by atoms with Gasteiger partial charge in [0, 0.05) is 17.9 Å². The maximum Gasteiger partial charge on any atom is 0.118 e. The second kappa shape index (κ2) is 6.25. The van der Waals surface area contributed by atoms with Gasteiger partial charge >= 0.3 is 0 Å². The van der Waals surface area contributed by atoms with Crippen LogP contribution in [-0.4, -0.2) is 7.11 Å². The zero-order valence-corrected chi connectivity index (χ0v) is 13.6. The maximum absolute atomic E-state index is 5.29. The summed E-state index contributed by atoms with van der Waals surface area (Å²) in [6.45, 7) is 0.873. The first kappa shape index (κ1) is 14.6. The van der Waals surface area contributed by atoms with Gasteiger partial charge in [0.05, 0.1) is 7.11 Å². The molecule has 3 aromatic rings. The van der Waals surface area contributed by atoms with E-state index in [2.05, 4.69) is 77.7 Å². The molecule has 3 aromatic carbocycles. The van der Waals surface area contributed by atoms with Crippen molar-refractivity contribution in [2.45, 2.75) is 6.54 Å². The van der Waals surface area contributed by atoms with E-state index < -0.39 is 0 Å². The van der Waals surface area contributed by atoms with Crippen LogP contribution in [0.15, 0.2) is 78.9 Å². The lowest BCUT2D eigenvalue weighted by molar-refractivity contribution is 0.415. The third kappa shape index (κ3) is 2.67. The molecule has 4 rings (SSSR count). The second-order valence-electron chi connectivity index (χ2n) is 5.88. The number of fused-ring (bicyclic) bond motifs is 1. The van der Waals surface area contributed by atoms with E-state index in [-0.39, 0.29) is 0 Å². The van der Waals surface area contributed by atoms with Crippen LogP contribution >= 0.6 is 0 Å². The molecule has 118 valence electrons. The van der Waals surface area contributed by atoms with E-state index in [9.17, 15) is 0 Å². The Morgan fingerprint density at radius 3 is 2.25 bits per heavy atom. The minimum absolute atomic E-state index is 0.873. The van der Waals surface area contributed by atoms with Gasteiger partial charge in [-0.1, -0.05) is 42.5 Å². The average Bonchev–Trinajstić information content (AvgIpc) is 2.68. The monoisotopic (exact) mass is 313 g/mol. The molecule has 1 aliphatic rings. The van der Waals surface area contributed by atoms with E-state index in [1.807, 2.05) is 12.1 Å². The molecule has 1 aliphatic heterocycles. The normalized spacial score (nSPS) is 13.2. The lowest BCUT2D eigenvalue weighted by Crippen LogP contribution is -2.24. The molecule has 0 saturated carbocycles. The Morgan fingerprint density at radius 2 is 1.50 bits per heavy atom. The van der Waals surface area contributed by atoms with E-state index in [0.717, 1.165) is 12.3 Å². The summed E-state index contributed by atoms with van der Waals surface area (Å²) in [6, 6.07) is 27.4. The fourth-order valence-corrected chi connectivity index (χ4v) is 3.14. The smallest absolute Gasteiger partial charge is 0.118 e. The van der Waals surface area contributed by atoms with Crippen LogP contribution < -0.4 is 9.64 Å². The summed E-state index contributed by atoms with van der Waals surface area (Å²) in [5.41, 5.74) is 6.24. The molecule has 0 N–H and O–H groups in total. The molecule has 0 aromatic heterocycles. The Hall–Kier alpha value is -3.00. The Labute approximate surface area is 142 Å². The van der Waals surface area contributed by atoms with Crippen LogP contribution in [0.25, 0.3) is 11.8 Å². The summed E-state index contributed by atoms with van der Waals surface area (Å²) < 4.78 is 5.29. The molecule has 0 spiro atoms. The van der Waals surface area contributed by atoms with Gasteiger partial charge in [0.1, 0.15) is 5.75 Å². The second-order valence-corrected chi connectivity index (χ2v) is 5.88. The molecule has 0 bridgehead atoms. The highest BCUT2D eigenvalue weighted by atomic mass is 16.5. The Kier molecular flexibility index (Phi) is 3.80. The van der Waals surface area contributed by atoms with Crippen LogP contribution in [0.3, 0.4) is 0 Å². The quantitative estimate of drug-likeness (QED) is 0.658. The Bertz CT molecular complexity index is 866. The molecule has 0 saturated heterocycles. The number of para-hydroxylation sites is 1. The van der Waals surface area contributed by atoms with E-state index in [0.29, 0.717) is 0 Å². The summed E-state index contributed by atoms with van der Waals surface area (Å²) in [7, 11) is 1.70. The molecule has 0 radical (unpaired) electrons. The van der Waals surface area contributed by atoms with Crippen molar-refractivity contribution in [2.24, 2.45) is 0 Å². The van der Waals surface area contributed by atoms with Gasteiger partial charge in [-0.25, -0.2) is 0 Å². The van der Waals surface area contributed by atoms with E-state index >= 15 is 0 Å². The zero-order valence-electron chi connectivity index (χ0n) is 13.6. The van der Waals surface area contributed by atoms with E-state index in [1.165, 1.54) is 28.1 Å². The summed E-state index contributed by atoms with van der Waals surface area (Å²) in [6.07, 6.45) is 2.27. The molecule has 2 heteroatoms. The van der Waals surface area contributed by atoms with Crippen molar-refractivity contribution in [3.63, 3.8) is 0 Å². The van der Waals surface area contributed by atoms with Gasteiger partial charge in [-0.3, -0.25) is 0 Å². The van der Waals surface area contributed by atoms with Crippen molar-refractivity contribution in [1.82, 2.24) is 0 Å². The van der Waals surface area contributed by atoms with Crippen LogP contribution in [0.1, 0.15) is 16.7 Å². The lowest BCUT2D eigenvalue weighted by Gasteiger charge is -2.32. The summed E-state index contributed by atoms with van der Waals surface area (Å²) in [4.78, 5) is 2.37. The summed E-state index contributed by atoms with van der Waals surface area (Å²) in [5, 5.41) is 0. The Balaban J connectivity index is 1.83. The number of benzene rings is 3. The van der Waals surface area contributed by atoms with Crippen molar-refractivity contribution in [3.05, 3.63) is 95.6 Å². The van der Waals surface area contributed by atoms with Gasteiger partial charge in [-0.05, 0) is 59.2 Å². The molecule has 2 nitrogen and oxygen atoms in total. The van der Waals surface area contributed by atoms with Gasteiger partial charge in [0.25, 0.3) is 0 Å². The van der Waals surface area contributed by atoms with Crippen LogP contribution in [0.4, 0.5) is 5.69 Å². The summed E-state index contributed by atoms with van der Waals surface area (Å²) >= 11 is 0. The molecule has 0 unspecified atom stereocenters. The molecule has 1 heterocycles. The number of hydrogen-bond acceptors (Lipinski definition) is 2. The van der Waals surface area contributed by atoms with Crippen molar-refractivity contribution in [1.29, 1.82) is 0 Å². The van der Waals surface area contributed by atoms with Crippen molar-refractivity contribution in [2.75, 3.05) is 12.0 Å². The number of methoxy groups -OCH3 is 1. The van der Waals surface area contributed by atoms with E-state index in [1.54, 1.807) is 7.11 Å². The van der Waals surface area contributed by atoms with Gasteiger partial charge in [-0.15, -0.1) is 0 Å². The predicted octanol–water partition coefficient (Wildman–Crippen LogP) is 5.21. The van der Waals surface area contributed by atoms with Crippen LogP contribution in [0.5, 0.6) is 5.75 Å². The van der Waals surface area contributed by atoms with Crippen LogP contribution in [0.2, 0.25) is 0 Å². The molecule has 0 fully saturated rings. The van der Waals surface area contributed by atoms with E-state index in [4.69, 9.17) is 4.74 Å². The third-order valence-electron chi connectivity index (χ3n) is 4.42. The lowest BCUT2D eigenvalue weighted by atomic mass is 9.97. The Morgan fingerprint density at radius 1 is 0.792 bits per heavy atom. The largest absolute Gasteiger partial charge is 0.497 e. The molecular weight excluding hydrogens is 294 g/mol. The number of anilines is 1. The number of ether oxygens (including phenoxy) is 1. The van der Waals surface area contributed by atoms with Gasteiger partial charge in [-0.2, -0.15) is 0 Å². The first-order valence-electron chi connectivity index (χ1n) is 8.12. The number of rotatable bonds is 3. The van der Waals surface area contributed by atoms with Crippen molar-refractivity contribution < 1.29 is 4.74 Å². The average molecular weight is 313 g/mol. The van der Waals surface area contributed by atoms with Crippen LogP contribution in [0, 0.1) is 0 Å². The zero-order chi connectivity index (χ0) is 16.4. The highest BCUT2D eigenvalue weighted by Crippen LogP contribution is 2.35. The minimum atomic E-state index is 0.873. The van der Waals surface area contributed by atoms with Crippen LogP contribution in [-0.2, 0) is 6.54 Å². The highest BCUT2D eigenvalue weighted by molar-refractivity contribution is 5.92. The fourth-order valence-electron chi connectivity index (χ4n) is 3.14. The van der Waals surface area contributed by atoms with Gasteiger partial charge in [0.15, 0.2) is 0 Å². The molecule has 0 atom stereocenters. The maximum atomic E-state index is 5.29. The first-order valence-corrected chi connectivity index (χ1v) is 8.12. The highest BCUT2D eigenvalue weighted by Gasteiger charge is 2.20. The number of hydrogen-bond donors (Lipinski definition) is 0. The molecule has 0 amide bonds. The van der Waals surface area contributed by atoms with Crippen molar-refractivity contribution >= 4 is 17.5 Å². The first-order chi connectivity index (χ1) is 11.8. The third-order valence-corrected chi connectivity index (χ3v) is 4.42. The molecule has 24 heavy (non-hydrogen) atoms. The molecular formula is C22H19NO. The predicted molar refractivity (Wildman–Crippen MR) is 99.9 cm³/mol. The van der Waals surface area contributed by atoms with Gasteiger partial charge < -0.3 is 9.64 Å². The molecule has 0 aliphatic carbocycles. The SMILES string of the molecule is COc1ccc(C2=Cc3ccccc3CN2c2ccccc2)cc1. The summed E-state index contributed by atoms with van der Waals surface area (Å²) in [5.74, 6) is 0.877. The van der Waals surface area contributed by atoms with Crippen molar-refractivity contribution in [3.8, 4) is 5.75 Å². The fraction of sp³-hybridized carbons (Fsp3) is 0.0909. The topological polar surface area (TPSA) is 12.5 Å². The number of nitrogens with zero attached hydrogens (tertiary/aromatic N) is 1.